The van der Waals surface area contributed by atoms with Crippen LogP contribution in [0.2, 0.25) is 0 Å². The molecule has 18 heavy (non-hydrogen) atoms. The summed E-state index contributed by atoms with van der Waals surface area (Å²) in [7, 11) is 0. The summed E-state index contributed by atoms with van der Waals surface area (Å²) in [4.78, 5) is 12.3. The first kappa shape index (κ1) is 11.2. The second kappa shape index (κ2) is 4.42. The highest BCUT2D eigenvalue weighted by Gasteiger charge is 2.14. The summed E-state index contributed by atoms with van der Waals surface area (Å²) in [5, 5.41) is 2.18. The Labute approximate surface area is 112 Å². The maximum atomic E-state index is 12.3. The lowest BCUT2D eigenvalue weighted by Crippen LogP contribution is -2.00. The zero-order valence-electron chi connectivity index (χ0n) is 9.39. The SMILES string of the molecule is O=C(c1ccc2ccccc2c1)c1ccoc1Br. The van der Waals surface area contributed by atoms with Crippen LogP contribution in [0.4, 0.5) is 0 Å². The van der Waals surface area contributed by atoms with Crippen molar-refractivity contribution in [2.24, 2.45) is 0 Å². The molecule has 1 aromatic heterocycles. The van der Waals surface area contributed by atoms with Gasteiger partial charge in [-0.2, -0.15) is 0 Å². The molecule has 2 aromatic carbocycles. The molecule has 88 valence electrons. The second-order valence-corrected chi connectivity index (χ2v) is 4.72. The molecule has 0 amide bonds. The molecule has 0 radical (unpaired) electrons. The van der Waals surface area contributed by atoms with E-state index in [9.17, 15) is 4.79 Å². The van der Waals surface area contributed by atoms with Crippen molar-refractivity contribution in [3.05, 3.63) is 70.6 Å². The van der Waals surface area contributed by atoms with Gasteiger partial charge >= 0.3 is 0 Å². The number of rotatable bonds is 2. The second-order valence-electron chi connectivity index (χ2n) is 4.00. The van der Waals surface area contributed by atoms with Crippen LogP contribution in [0.25, 0.3) is 10.8 Å². The van der Waals surface area contributed by atoms with Crippen molar-refractivity contribution in [3.63, 3.8) is 0 Å². The van der Waals surface area contributed by atoms with E-state index in [1.807, 2.05) is 42.5 Å². The molecular weight excluding hydrogens is 292 g/mol. The maximum absolute atomic E-state index is 12.3. The van der Waals surface area contributed by atoms with Crippen LogP contribution in [0.1, 0.15) is 15.9 Å². The first-order valence-electron chi connectivity index (χ1n) is 5.52. The minimum atomic E-state index is -0.0404. The lowest BCUT2D eigenvalue weighted by molar-refractivity contribution is 0.103. The highest BCUT2D eigenvalue weighted by molar-refractivity contribution is 9.10. The third kappa shape index (κ3) is 1.87. The van der Waals surface area contributed by atoms with Gasteiger partial charge in [0.15, 0.2) is 10.5 Å². The number of hydrogen-bond donors (Lipinski definition) is 0. The molecule has 0 aliphatic heterocycles. The fourth-order valence-electron chi connectivity index (χ4n) is 1.94. The Balaban J connectivity index is 2.10. The molecule has 1 heterocycles. The van der Waals surface area contributed by atoms with Gasteiger partial charge in [0.05, 0.1) is 11.8 Å². The van der Waals surface area contributed by atoms with Crippen LogP contribution in [-0.4, -0.2) is 5.78 Å². The van der Waals surface area contributed by atoms with E-state index in [2.05, 4.69) is 15.9 Å². The zero-order valence-corrected chi connectivity index (χ0v) is 11.0. The highest BCUT2D eigenvalue weighted by atomic mass is 79.9. The first-order chi connectivity index (χ1) is 8.75. The van der Waals surface area contributed by atoms with Crippen LogP contribution in [0.15, 0.2) is 63.9 Å². The average Bonchev–Trinajstić information content (AvgIpc) is 2.83. The van der Waals surface area contributed by atoms with Gasteiger partial charge < -0.3 is 4.42 Å². The van der Waals surface area contributed by atoms with Crippen molar-refractivity contribution in [3.8, 4) is 0 Å². The van der Waals surface area contributed by atoms with E-state index < -0.39 is 0 Å². The van der Waals surface area contributed by atoms with E-state index in [1.54, 1.807) is 6.07 Å². The van der Waals surface area contributed by atoms with Crippen molar-refractivity contribution in [1.82, 2.24) is 0 Å². The van der Waals surface area contributed by atoms with Gasteiger partial charge in [-0.3, -0.25) is 4.79 Å². The standard InChI is InChI=1S/C15H9BrO2/c16-15-13(7-8-18-15)14(17)12-6-5-10-3-1-2-4-11(10)9-12/h1-9H. The minimum absolute atomic E-state index is 0.0404. The molecule has 0 aliphatic rings. The third-order valence-corrected chi connectivity index (χ3v) is 3.49. The van der Waals surface area contributed by atoms with E-state index >= 15 is 0 Å². The number of ketones is 1. The monoisotopic (exact) mass is 300 g/mol. The molecule has 0 aliphatic carbocycles. The number of furan rings is 1. The van der Waals surface area contributed by atoms with Gasteiger partial charge in [-0.1, -0.05) is 36.4 Å². The first-order valence-corrected chi connectivity index (χ1v) is 6.31. The van der Waals surface area contributed by atoms with Crippen LogP contribution in [-0.2, 0) is 0 Å². The zero-order chi connectivity index (χ0) is 12.5. The Morgan fingerprint density at radius 3 is 2.50 bits per heavy atom. The van der Waals surface area contributed by atoms with E-state index in [1.165, 1.54) is 6.26 Å². The van der Waals surface area contributed by atoms with Gasteiger partial charge in [-0.15, -0.1) is 0 Å². The quantitative estimate of drug-likeness (QED) is 0.656. The summed E-state index contributed by atoms with van der Waals surface area (Å²) in [5.41, 5.74) is 1.21. The molecule has 3 heteroatoms. The Hall–Kier alpha value is -1.87. The van der Waals surface area contributed by atoms with E-state index in [4.69, 9.17) is 4.42 Å². The molecule has 2 nitrogen and oxygen atoms in total. The molecular formula is C15H9BrO2. The smallest absolute Gasteiger partial charge is 0.197 e. The lowest BCUT2D eigenvalue weighted by atomic mass is 10.0. The van der Waals surface area contributed by atoms with Gasteiger partial charge in [0.2, 0.25) is 0 Å². The fraction of sp³-hybridized carbons (Fsp3) is 0. The topological polar surface area (TPSA) is 30.2 Å². The fourth-order valence-corrected chi connectivity index (χ4v) is 2.36. The molecule has 0 N–H and O–H groups in total. The lowest BCUT2D eigenvalue weighted by Gasteiger charge is -2.02. The van der Waals surface area contributed by atoms with Gasteiger partial charge in [0.25, 0.3) is 0 Å². The summed E-state index contributed by atoms with van der Waals surface area (Å²) >= 11 is 3.23. The Kier molecular flexibility index (Phi) is 2.76. The molecule has 0 unspecified atom stereocenters. The minimum Gasteiger partial charge on any atom is -0.457 e. The van der Waals surface area contributed by atoms with E-state index in [0.717, 1.165) is 10.8 Å². The Morgan fingerprint density at radius 2 is 1.78 bits per heavy atom. The number of carbonyl (C=O) groups excluding carboxylic acids is 1. The molecule has 0 saturated carbocycles. The van der Waals surface area contributed by atoms with Crippen LogP contribution >= 0.6 is 15.9 Å². The predicted octanol–water partition coefficient (Wildman–Crippen LogP) is 4.43. The van der Waals surface area contributed by atoms with Gasteiger partial charge in [-0.25, -0.2) is 0 Å². The predicted molar refractivity (Wildman–Crippen MR) is 73.8 cm³/mol. The highest BCUT2D eigenvalue weighted by Crippen LogP contribution is 2.23. The van der Waals surface area contributed by atoms with Crippen molar-refractivity contribution in [2.45, 2.75) is 0 Å². The number of carbonyl (C=O) groups is 1. The van der Waals surface area contributed by atoms with E-state index in [-0.39, 0.29) is 5.78 Å². The van der Waals surface area contributed by atoms with Crippen LogP contribution in [0.5, 0.6) is 0 Å². The maximum Gasteiger partial charge on any atom is 0.197 e. The van der Waals surface area contributed by atoms with E-state index in [0.29, 0.717) is 15.8 Å². The van der Waals surface area contributed by atoms with Crippen molar-refractivity contribution >= 4 is 32.5 Å². The summed E-state index contributed by atoms with van der Waals surface area (Å²) in [6.45, 7) is 0. The number of benzene rings is 2. The summed E-state index contributed by atoms with van der Waals surface area (Å²) < 4.78 is 5.56. The molecule has 3 aromatic rings. The molecule has 3 rings (SSSR count). The van der Waals surface area contributed by atoms with Crippen LogP contribution in [0.3, 0.4) is 0 Å². The third-order valence-electron chi connectivity index (χ3n) is 2.87. The van der Waals surface area contributed by atoms with Crippen LogP contribution < -0.4 is 0 Å². The Bertz CT molecular complexity index is 728. The van der Waals surface area contributed by atoms with Crippen molar-refractivity contribution < 1.29 is 9.21 Å². The number of hydrogen-bond acceptors (Lipinski definition) is 2. The number of fused-ring (bicyclic) bond motifs is 1. The van der Waals surface area contributed by atoms with Gasteiger partial charge in [0, 0.05) is 5.56 Å². The van der Waals surface area contributed by atoms with Crippen molar-refractivity contribution in [2.75, 3.05) is 0 Å². The molecule has 0 spiro atoms. The summed E-state index contributed by atoms with van der Waals surface area (Å²) in [6.07, 6.45) is 1.50. The molecule has 0 bridgehead atoms. The van der Waals surface area contributed by atoms with Gasteiger partial charge in [0.1, 0.15) is 0 Å². The molecule has 0 fully saturated rings. The van der Waals surface area contributed by atoms with Crippen LogP contribution in [0, 0.1) is 0 Å². The van der Waals surface area contributed by atoms with Gasteiger partial charge in [-0.05, 0) is 38.8 Å². The summed E-state index contributed by atoms with van der Waals surface area (Å²) in [6, 6.07) is 15.3. The van der Waals surface area contributed by atoms with Crippen molar-refractivity contribution in [1.29, 1.82) is 0 Å². The average molecular weight is 301 g/mol. The Morgan fingerprint density at radius 1 is 1.00 bits per heavy atom. The normalized spacial score (nSPS) is 10.7. The summed E-state index contributed by atoms with van der Waals surface area (Å²) in [5.74, 6) is -0.0404. The number of halogens is 1. The molecule has 0 saturated heterocycles. The molecule has 0 atom stereocenters. The largest absolute Gasteiger partial charge is 0.457 e.